The van der Waals surface area contributed by atoms with Crippen molar-refractivity contribution in [2.24, 2.45) is 0 Å². The van der Waals surface area contributed by atoms with Gasteiger partial charge in [0.15, 0.2) is 0 Å². The van der Waals surface area contributed by atoms with Crippen molar-refractivity contribution >= 4 is 34.0 Å². The molecule has 0 atom stereocenters. The molecule has 0 spiro atoms. The first-order valence-electron chi connectivity index (χ1n) is 11.6. The lowest BCUT2D eigenvalue weighted by Gasteiger charge is -2.24. The van der Waals surface area contributed by atoms with Crippen LogP contribution >= 0.6 is 0 Å². The van der Waals surface area contributed by atoms with E-state index in [1.54, 1.807) is 24.3 Å². The Bertz CT molecular complexity index is 1310. The maximum Gasteiger partial charge on any atom is 0.421 e. The monoisotopic (exact) mass is 536 g/mol. The number of hydrogen-bond donors (Lipinski definition) is 5. The predicted molar refractivity (Wildman–Crippen MR) is 135 cm³/mol. The van der Waals surface area contributed by atoms with Crippen LogP contribution < -0.4 is 25.4 Å². The highest BCUT2D eigenvalue weighted by atomic mass is 32.2. The molecule has 0 amide bonds. The maximum atomic E-state index is 13.7. The quantitative estimate of drug-likeness (QED) is 0.260. The van der Waals surface area contributed by atoms with Crippen molar-refractivity contribution in [3.05, 3.63) is 65.4 Å². The minimum Gasteiger partial charge on any atom is -0.495 e. The molecule has 198 valence electrons. The molecule has 0 aliphatic carbocycles. The number of rotatable bonds is 9. The Hall–Kier alpha value is -3.42. The van der Waals surface area contributed by atoms with Crippen LogP contribution in [0.2, 0.25) is 0 Å². The molecule has 0 saturated carbocycles. The lowest BCUT2D eigenvalue weighted by molar-refractivity contribution is -0.137. The lowest BCUT2D eigenvalue weighted by Crippen LogP contribution is -2.26. The number of alkyl halides is 3. The SMILES string of the molecule is COc1cc(C2CCNCC2)ccc1Nc1ncc(C(F)(F)F)c(Nc2ccccc2CN[SH](=O)=O)n1. The Morgan fingerprint density at radius 3 is 2.54 bits per heavy atom. The molecule has 1 fully saturated rings. The molecular formula is C24H27F3N6O3S. The number of methoxy groups -OCH3 is 1. The first-order chi connectivity index (χ1) is 17.7. The van der Waals surface area contributed by atoms with Gasteiger partial charge in [-0.1, -0.05) is 24.3 Å². The zero-order valence-electron chi connectivity index (χ0n) is 19.9. The van der Waals surface area contributed by atoms with Crippen molar-refractivity contribution in [2.75, 3.05) is 30.8 Å². The minimum atomic E-state index is -4.72. The molecule has 37 heavy (non-hydrogen) atoms. The average Bonchev–Trinajstić information content (AvgIpc) is 2.88. The van der Waals surface area contributed by atoms with Crippen molar-refractivity contribution in [1.29, 1.82) is 0 Å². The van der Waals surface area contributed by atoms with Gasteiger partial charge in [0.1, 0.15) is 17.1 Å². The van der Waals surface area contributed by atoms with Crippen LogP contribution in [0.4, 0.5) is 36.3 Å². The third-order valence-corrected chi connectivity index (χ3v) is 6.46. The summed E-state index contributed by atoms with van der Waals surface area (Å²) in [5, 5.41) is 8.98. The highest BCUT2D eigenvalue weighted by molar-refractivity contribution is 7.70. The zero-order chi connectivity index (χ0) is 26.4. The van der Waals surface area contributed by atoms with Gasteiger partial charge >= 0.3 is 6.18 Å². The number of halogens is 3. The number of nitrogens with zero attached hydrogens (tertiary/aromatic N) is 2. The summed E-state index contributed by atoms with van der Waals surface area (Å²) >= 11 is 0. The van der Waals surface area contributed by atoms with Crippen LogP contribution in [-0.4, -0.2) is 38.6 Å². The van der Waals surface area contributed by atoms with Gasteiger partial charge in [0.25, 0.3) is 0 Å². The Kier molecular flexibility index (Phi) is 8.46. The Labute approximate surface area is 214 Å². The van der Waals surface area contributed by atoms with Gasteiger partial charge in [-0.2, -0.15) is 18.2 Å². The molecule has 1 aromatic heterocycles. The Balaban J connectivity index is 1.63. The number of benzene rings is 2. The number of aromatic nitrogens is 2. The molecule has 1 aliphatic rings. The molecule has 2 aromatic carbocycles. The van der Waals surface area contributed by atoms with E-state index in [4.69, 9.17) is 4.74 Å². The predicted octanol–water partition coefficient (Wildman–Crippen LogP) is 4.07. The van der Waals surface area contributed by atoms with Gasteiger partial charge in [0, 0.05) is 18.4 Å². The fraction of sp³-hybridized carbons (Fsp3) is 0.333. The van der Waals surface area contributed by atoms with Crippen LogP contribution in [0.3, 0.4) is 0 Å². The Morgan fingerprint density at radius 1 is 1.08 bits per heavy atom. The van der Waals surface area contributed by atoms with Crippen LogP contribution in [0.1, 0.15) is 35.4 Å². The number of thiol groups is 1. The topological polar surface area (TPSA) is 117 Å². The van der Waals surface area contributed by atoms with Gasteiger partial charge in [-0.05, 0) is 61.2 Å². The third kappa shape index (κ3) is 6.87. The Morgan fingerprint density at radius 2 is 1.84 bits per heavy atom. The molecule has 0 bridgehead atoms. The molecule has 4 N–H and O–H groups in total. The van der Waals surface area contributed by atoms with Crippen molar-refractivity contribution in [3.8, 4) is 5.75 Å². The van der Waals surface area contributed by atoms with E-state index < -0.39 is 28.4 Å². The molecule has 0 radical (unpaired) electrons. The minimum absolute atomic E-state index is 0.0679. The molecule has 2 heterocycles. The van der Waals surface area contributed by atoms with Gasteiger partial charge in [0.2, 0.25) is 16.8 Å². The molecule has 13 heteroatoms. The van der Waals surface area contributed by atoms with E-state index in [1.807, 2.05) is 12.1 Å². The summed E-state index contributed by atoms with van der Waals surface area (Å²) < 4.78 is 70.9. The van der Waals surface area contributed by atoms with Crippen LogP contribution in [0.25, 0.3) is 0 Å². The van der Waals surface area contributed by atoms with Crippen molar-refractivity contribution in [3.63, 3.8) is 0 Å². The van der Waals surface area contributed by atoms with Gasteiger partial charge in [-0.15, -0.1) is 0 Å². The van der Waals surface area contributed by atoms with Crippen LogP contribution in [-0.2, 0) is 23.6 Å². The zero-order valence-corrected chi connectivity index (χ0v) is 20.8. The molecular weight excluding hydrogens is 509 g/mol. The van der Waals surface area contributed by atoms with E-state index >= 15 is 0 Å². The number of nitrogens with one attached hydrogen (secondary N) is 4. The molecule has 1 aliphatic heterocycles. The molecule has 9 nitrogen and oxygen atoms in total. The first-order valence-corrected chi connectivity index (χ1v) is 12.7. The van der Waals surface area contributed by atoms with E-state index in [9.17, 15) is 21.6 Å². The number of anilines is 4. The highest BCUT2D eigenvalue weighted by Gasteiger charge is 2.35. The van der Waals surface area contributed by atoms with E-state index in [1.165, 1.54) is 13.2 Å². The van der Waals surface area contributed by atoms with E-state index in [2.05, 4.69) is 30.6 Å². The van der Waals surface area contributed by atoms with Crippen LogP contribution in [0.5, 0.6) is 5.75 Å². The summed E-state index contributed by atoms with van der Waals surface area (Å²) in [6.07, 6.45) is -2.01. The number of para-hydroxylation sites is 1. The van der Waals surface area contributed by atoms with E-state index in [0.717, 1.165) is 31.5 Å². The van der Waals surface area contributed by atoms with Crippen LogP contribution in [0, 0.1) is 0 Å². The molecule has 0 unspecified atom stereocenters. The lowest BCUT2D eigenvalue weighted by atomic mass is 9.90. The second-order valence-electron chi connectivity index (χ2n) is 8.44. The average molecular weight is 537 g/mol. The van der Waals surface area contributed by atoms with Crippen molar-refractivity contribution in [2.45, 2.75) is 31.5 Å². The van der Waals surface area contributed by atoms with Crippen molar-refractivity contribution < 1.29 is 26.3 Å². The van der Waals surface area contributed by atoms with Gasteiger partial charge in [-0.3, -0.25) is 0 Å². The van der Waals surface area contributed by atoms with E-state index in [-0.39, 0.29) is 18.2 Å². The van der Waals surface area contributed by atoms with Gasteiger partial charge in [-0.25, -0.2) is 18.1 Å². The normalized spacial score (nSPS) is 14.5. The van der Waals surface area contributed by atoms with Gasteiger partial charge in [0.05, 0.1) is 12.8 Å². The number of piperidine rings is 1. The second kappa shape index (κ2) is 11.8. The fourth-order valence-corrected chi connectivity index (χ4v) is 4.46. The number of ether oxygens (including phenoxy) is 1. The summed E-state index contributed by atoms with van der Waals surface area (Å²) in [5.41, 5.74) is 1.28. The molecule has 1 saturated heterocycles. The molecule has 4 rings (SSSR count). The summed E-state index contributed by atoms with van der Waals surface area (Å²) in [4.78, 5) is 7.97. The largest absolute Gasteiger partial charge is 0.495 e. The standard InChI is InChI=1S/C24H27F3N6O3S/c1-36-21-12-16(15-8-10-28-11-9-15)6-7-20(21)32-23-29-14-18(24(25,26)27)22(33-23)31-19-5-3-2-4-17(19)13-30-37(34)35/h2-7,12,14-15,28,37H,8-11,13H2,1H3,(H,30,34,35)(H2,29,31,32,33). The summed E-state index contributed by atoms with van der Waals surface area (Å²) in [6.45, 7) is 1.78. The first kappa shape index (κ1) is 26.6. The summed E-state index contributed by atoms with van der Waals surface area (Å²) in [5.74, 6) is 0.379. The van der Waals surface area contributed by atoms with Gasteiger partial charge < -0.3 is 20.7 Å². The molecule has 3 aromatic rings. The van der Waals surface area contributed by atoms with Crippen LogP contribution in [0.15, 0.2) is 48.7 Å². The fourth-order valence-electron chi connectivity index (χ4n) is 4.16. The van der Waals surface area contributed by atoms with E-state index in [0.29, 0.717) is 29.1 Å². The summed E-state index contributed by atoms with van der Waals surface area (Å²) in [6, 6.07) is 12.1. The van der Waals surface area contributed by atoms with Crippen molar-refractivity contribution in [1.82, 2.24) is 20.0 Å². The highest BCUT2D eigenvalue weighted by Crippen LogP contribution is 2.37. The number of hydrogen-bond acceptors (Lipinski definition) is 8. The second-order valence-corrected chi connectivity index (χ2v) is 9.27. The smallest absolute Gasteiger partial charge is 0.421 e. The maximum absolute atomic E-state index is 13.7. The third-order valence-electron chi connectivity index (χ3n) is 6.05. The summed E-state index contributed by atoms with van der Waals surface area (Å²) in [7, 11) is -1.35.